The lowest BCUT2D eigenvalue weighted by Crippen LogP contribution is -2.49. The van der Waals surface area contributed by atoms with Crippen LogP contribution in [-0.2, 0) is 13.1 Å². The van der Waals surface area contributed by atoms with Gasteiger partial charge in [-0.05, 0) is 21.8 Å². The number of aromatic amines is 1. The second kappa shape index (κ2) is 2.81. The maximum atomic E-state index is 10.4. The van der Waals surface area contributed by atoms with Crippen LogP contribution in [0.5, 0.6) is 0 Å². The van der Waals surface area contributed by atoms with Crippen LogP contribution in [0, 0.1) is 10.1 Å². The molecule has 2 rings (SSSR count). The standard InChI is InChI=1S/C7H10N4O2/c1-9-2-3-10-6(5-9)4-7(8-10)11(12)13/h4H,2-3,5H2,1H3/p+1. The summed E-state index contributed by atoms with van der Waals surface area (Å²) in [6.45, 7) is 2.49. The number of hydrogen-bond donors (Lipinski definition) is 1. The van der Waals surface area contributed by atoms with Gasteiger partial charge in [0.05, 0.1) is 13.1 Å². The zero-order chi connectivity index (χ0) is 9.42. The Kier molecular flexibility index (Phi) is 1.77. The Balaban J connectivity index is 2.33. The van der Waals surface area contributed by atoms with E-state index in [1.807, 2.05) is 11.7 Å². The number of likely N-dealkylation sites (N-methyl/N-ethyl adjacent to an activating group) is 1. The average Bonchev–Trinajstić information content (AvgIpc) is 2.46. The first-order valence-corrected chi connectivity index (χ1v) is 4.11. The van der Waals surface area contributed by atoms with Gasteiger partial charge in [-0.1, -0.05) is 0 Å². The predicted octanol–water partition coefficient (Wildman–Crippen LogP) is -0.344. The highest BCUT2D eigenvalue weighted by atomic mass is 16.6. The summed E-state index contributed by atoms with van der Waals surface area (Å²) in [4.78, 5) is 12.2. The molecule has 1 aliphatic heterocycles. The normalized spacial score (nSPS) is 17.0. The molecule has 1 aromatic heterocycles. The van der Waals surface area contributed by atoms with E-state index in [0.717, 1.165) is 25.3 Å². The number of fused-ring (bicyclic) bond motifs is 1. The van der Waals surface area contributed by atoms with E-state index in [4.69, 9.17) is 0 Å². The Bertz CT molecular complexity index is 346. The van der Waals surface area contributed by atoms with Crippen LogP contribution in [0.25, 0.3) is 0 Å². The first-order chi connectivity index (χ1) is 6.16. The molecule has 1 N–H and O–H groups in total. The van der Waals surface area contributed by atoms with Gasteiger partial charge in [-0.25, -0.2) is 0 Å². The van der Waals surface area contributed by atoms with E-state index in [0.29, 0.717) is 0 Å². The van der Waals surface area contributed by atoms with Crippen LogP contribution in [0.15, 0.2) is 6.07 Å². The molecule has 2 heterocycles. The second-order valence-corrected chi connectivity index (χ2v) is 3.28. The Hall–Kier alpha value is -1.43. The van der Waals surface area contributed by atoms with E-state index in [1.165, 1.54) is 0 Å². The molecule has 0 aliphatic carbocycles. The van der Waals surface area contributed by atoms with E-state index in [9.17, 15) is 10.1 Å². The molecule has 1 aromatic rings. The Labute approximate surface area is 74.9 Å². The monoisotopic (exact) mass is 183 g/mol. The molecule has 0 unspecified atom stereocenters. The lowest BCUT2D eigenvalue weighted by molar-refractivity contribution is -0.764. The van der Waals surface area contributed by atoms with Gasteiger partial charge in [-0.2, -0.15) is 0 Å². The third-order valence-corrected chi connectivity index (χ3v) is 2.23. The lowest BCUT2D eigenvalue weighted by atomic mass is 10.3. The fourth-order valence-corrected chi connectivity index (χ4v) is 1.53. The number of nitro groups is 1. The topological polar surface area (TPSA) is 66.0 Å². The van der Waals surface area contributed by atoms with Crippen molar-refractivity contribution in [3.63, 3.8) is 0 Å². The summed E-state index contributed by atoms with van der Waals surface area (Å²) >= 11 is 0. The summed E-state index contributed by atoms with van der Waals surface area (Å²) in [7, 11) is 2.00. The van der Waals surface area contributed by atoms with Crippen LogP contribution < -0.4 is 4.68 Å². The minimum absolute atomic E-state index is 0.0744. The quantitative estimate of drug-likeness (QED) is 0.368. The number of nitrogens with one attached hydrogen (secondary N) is 1. The molecular formula is C7H11N4O2+. The average molecular weight is 183 g/mol. The molecule has 6 heteroatoms. The summed E-state index contributed by atoms with van der Waals surface area (Å²) in [5.41, 5.74) is 0.973. The van der Waals surface area contributed by atoms with Crippen LogP contribution in [0.4, 0.5) is 5.82 Å². The summed E-state index contributed by atoms with van der Waals surface area (Å²) in [5.74, 6) is 0.0744. The second-order valence-electron chi connectivity index (χ2n) is 3.28. The van der Waals surface area contributed by atoms with Gasteiger partial charge in [0, 0.05) is 0 Å². The molecule has 1 aliphatic rings. The molecule has 0 bridgehead atoms. The number of rotatable bonds is 1. The molecule has 0 fully saturated rings. The van der Waals surface area contributed by atoms with Crippen LogP contribution in [-0.4, -0.2) is 28.5 Å². The van der Waals surface area contributed by atoms with Crippen molar-refractivity contribution in [1.29, 1.82) is 0 Å². The minimum atomic E-state index is -0.397. The highest BCUT2D eigenvalue weighted by molar-refractivity contribution is 5.17. The van der Waals surface area contributed by atoms with Gasteiger partial charge in [0.25, 0.3) is 0 Å². The number of H-pyrrole nitrogens is 1. The van der Waals surface area contributed by atoms with E-state index in [-0.39, 0.29) is 5.82 Å². The molecule has 0 aromatic carbocycles. The number of hydrogen-bond acceptors (Lipinski definition) is 3. The first-order valence-electron chi connectivity index (χ1n) is 4.11. The predicted molar refractivity (Wildman–Crippen MR) is 44.0 cm³/mol. The molecule has 0 radical (unpaired) electrons. The van der Waals surface area contributed by atoms with Crippen molar-refractivity contribution in [3.8, 4) is 0 Å². The van der Waals surface area contributed by atoms with Gasteiger partial charge in [-0.15, -0.1) is 0 Å². The fraction of sp³-hybridized carbons (Fsp3) is 0.571. The zero-order valence-corrected chi connectivity index (χ0v) is 7.36. The molecule has 0 atom stereocenters. The van der Waals surface area contributed by atoms with E-state index >= 15 is 0 Å². The smallest absolute Gasteiger partial charge is 0.358 e. The molecule has 70 valence electrons. The maximum absolute atomic E-state index is 10.4. The molecule has 0 spiro atoms. The molecule has 0 amide bonds. The number of aromatic nitrogens is 2. The molecular weight excluding hydrogens is 172 g/mol. The highest BCUT2D eigenvalue weighted by Crippen LogP contribution is 2.10. The van der Waals surface area contributed by atoms with E-state index in [1.54, 1.807) is 6.07 Å². The lowest BCUT2D eigenvalue weighted by Gasteiger charge is -2.14. The Morgan fingerprint density at radius 3 is 3.23 bits per heavy atom. The molecule has 13 heavy (non-hydrogen) atoms. The SMILES string of the molecule is CN1CC[n+]2[nH]c([N+](=O)[O-])cc2C1. The van der Waals surface area contributed by atoms with Gasteiger partial charge >= 0.3 is 5.82 Å². The van der Waals surface area contributed by atoms with Gasteiger partial charge in [0.15, 0.2) is 0 Å². The van der Waals surface area contributed by atoms with Crippen molar-refractivity contribution in [1.82, 2.24) is 10.00 Å². The van der Waals surface area contributed by atoms with E-state index in [2.05, 4.69) is 10.00 Å². The highest BCUT2D eigenvalue weighted by Gasteiger charge is 2.28. The maximum Gasteiger partial charge on any atom is 0.379 e. The minimum Gasteiger partial charge on any atom is -0.358 e. The number of nitrogens with zero attached hydrogens (tertiary/aromatic N) is 3. The van der Waals surface area contributed by atoms with Gasteiger partial charge in [0.2, 0.25) is 12.2 Å². The van der Waals surface area contributed by atoms with Gasteiger partial charge < -0.3 is 10.1 Å². The van der Waals surface area contributed by atoms with Crippen LogP contribution in [0.1, 0.15) is 5.69 Å². The molecule has 0 saturated carbocycles. The third kappa shape index (κ3) is 1.40. The van der Waals surface area contributed by atoms with Crippen molar-refractivity contribution < 1.29 is 9.61 Å². The van der Waals surface area contributed by atoms with Crippen molar-refractivity contribution in [3.05, 3.63) is 21.9 Å². The van der Waals surface area contributed by atoms with Crippen molar-refractivity contribution in [2.45, 2.75) is 13.1 Å². The molecule has 6 nitrogen and oxygen atoms in total. The third-order valence-electron chi connectivity index (χ3n) is 2.23. The van der Waals surface area contributed by atoms with Gasteiger partial charge in [0.1, 0.15) is 6.07 Å². The van der Waals surface area contributed by atoms with Crippen LogP contribution in [0.2, 0.25) is 0 Å². The summed E-state index contributed by atoms with van der Waals surface area (Å²) in [5, 5.41) is 13.2. The van der Waals surface area contributed by atoms with E-state index < -0.39 is 4.92 Å². The van der Waals surface area contributed by atoms with Crippen molar-refractivity contribution in [2.24, 2.45) is 0 Å². The summed E-state index contributed by atoms with van der Waals surface area (Å²) in [6.07, 6.45) is 0. The molecule has 0 saturated heterocycles. The summed E-state index contributed by atoms with van der Waals surface area (Å²) < 4.78 is 1.83. The fourth-order valence-electron chi connectivity index (χ4n) is 1.53. The Morgan fingerprint density at radius 2 is 2.54 bits per heavy atom. The first kappa shape index (κ1) is 8.18. The summed E-state index contributed by atoms with van der Waals surface area (Å²) in [6, 6.07) is 1.59. The van der Waals surface area contributed by atoms with Crippen LogP contribution in [0.3, 0.4) is 0 Å². The van der Waals surface area contributed by atoms with Crippen molar-refractivity contribution >= 4 is 5.82 Å². The largest absolute Gasteiger partial charge is 0.379 e. The van der Waals surface area contributed by atoms with Gasteiger partial charge in [-0.3, -0.25) is 4.90 Å². The Morgan fingerprint density at radius 1 is 1.77 bits per heavy atom. The zero-order valence-electron chi connectivity index (χ0n) is 7.36. The van der Waals surface area contributed by atoms with Crippen molar-refractivity contribution in [2.75, 3.05) is 13.6 Å². The van der Waals surface area contributed by atoms with Crippen LogP contribution >= 0.6 is 0 Å².